The SMILES string of the molecule is C=S1(=O)CC(CC(C)C)C1. The van der Waals surface area contributed by atoms with Crippen LogP contribution in [-0.2, 0) is 9.52 Å². The van der Waals surface area contributed by atoms with E-state index in [0.717, 1.165) is 17.4 Å². The first-order valence-corrected chi connectivity index (χ1v) is 5.89. The molecule has 0 aromatic rings. The predicted molar refractivity (Wildman–Crippen MR) is 47.9 cm³/mol. The van der Waals surface area contributed by atoms with Gasteiger partial charge in [-0.1, -0.05) is 13.8 Å². The molecule has 1 rings (SSSR count). The molecule has 10 heavy (non-hydrogen) atoms. The Labute approximate surface area is 63.8 Å². The minimum atomic E-state index is -1.58. The maximum absolute atomic E-state index is 11.1. The van der Waals surface area contributed by atoms with Crippen LogP contribution >= 0.6 is 0 Å². The molecule has 1 nitrogen and oxygen atoms in total. The summed E-state index contributed by atoms with van der Waals surface area (Å²) in [6.07, 6.45) is 1.23. The zero-order valence-corrected chi connectivity index (χ0v) is 7.62. The summed E-state index contributed by atoms with van der Waals surface area (Å²) >= 11 is 0. The Morgan fingerprint density at radius 3 is 2.40 bits per heavy atom. The van der Waals surface area contributed by atoms with Crippen molar-refractivity contribution in [2.75, 3.05) is 11.5 Å². The second kappa shape index (κ2) is 2.57. The van der Waals surface area contributed by atoms with E-state index in [-0.39, 0.29) is 0 Å². The Hall–Kier alpha value is 0.0200. The normalized spacial score (nSPS) is 39.7. The summed E-state index contributed by atoms with van der Waals surface area (Å²) in [5, 5.41) is 0. The van der Waals surface area contributed by atoms with Crippen LogP contribution in [-0.4, -0.2) is 21.6 Å². The highest BCUT2D eigenvalue weighted by molar-refractivity contribution is 8.01. The van der Waals surface area contributed by atoms with Crippen molar-refractivity contribution in [3.8, 4) is 0 Å². The number of rotatable bonds is 2. The van der Waals surface area contributed by atoms with Gasteiger partial charge >= 0.3 is 0 Å². The van der Waals surface area contributed by atoms with Gasteiger partial charge in [-0.2, -0.15) is 0 Å². The fraction of sp³-hybridized carbons (Fsp3) is 0.875. The third-order valence-corrected chi connectivity index (χ3v) is 4.04. The van der Waals surface area contributed by atoms with Crippen molar-refractivity contribution in [1.29, 1.82) is 0 Å². The van der Waals surface area contributed by atoms with Crippen molar-refractivity contribution in [3.63, 3.8) is 0 Å². The van der Waals surface area contributed by atoms with Crippen molar-refractivity contribution >= 4 is 15.4 Å². The summed E-state index contributed by atoms with van der Waals surface area (Å²) in [4.78, 5) is 0. The monoisotopic (exact) mass is 160 g/mol. The van der Waals surface area contributed by atoms with E-state index in [1.165, 1.54) is 6.42 Å². The molecule has 0 radical (unpaired) electrons. The molecular formula is C8H16OS. The van der Waals surface area contributed by atoms with Crippen molar-refractivity contribution in [3.05, 3.63) is 0 Å². The first kappa shape index (κ1) is 8.12. The molecular weight excluding hydrogens is 144 g/mol. The van der Waals surface area contributed by atoms with Crippen LogP contribution in [0.25, 0.3) is 0 Å². The quantitative estimate of drug-likeness (QED) is 0.558. The van der Waals surface area contributed by atoms with Crippen molar-refractivity contribution in [2.45, 2.75) is 20.3 Å². The Kier molecular flexibility index (Phi) is 2.09. The second-order valence-corrected chi connectivity index (χ2v) is 6.39. The first-order chi connectivity index (χ1) is 4.49. The Bertz CT molecular complexity index is 189. The summed E-state index contributed by atoms with van der Waals surface area (Å²) in [5.74, 6) is 6.88. The van der Waals surface area contributed by atoms with Gasteiger partial charge in [0.15, 0.2) is 0 Å². The van der Waals surface area contributed by atoms with E-state index in [2.05, 4.69) is 19.7 Å². The molecule has 1 fully saturated rings. The van der Waals surface area contributed by atoms with Crippen LogP contribution in [0.3, 0.4) is 0 Å². The lowest BCUT2D eigenvalue weighted by Gasteiger charge is -2.31. The Balaban J connectivity index is 2.27. The average Bonchev–Trinajstić information content (AvgIpc) is 1.57. The third kappa shape index (κ3) is 2.01. The molecule has 0 N–H and O–H groups in total. The van der Waals surface area contributed by atoms with E-state index in [1.807, 2.05) is 0 Å². The van der Waals surface area contributed by atoms with Gasteiger partial charge in [-0.3, -0.25) is 4.21 Å². The van der Waals surface area contributed by atoms with Gasteiger partial charge < -0.3 is 0 Å². The standard InChI is InChI=1S/C8H16OS/c1-7(2)4-8-5-10(3,9)6-8/h7-8H,3-6H2,1-2H3. The fourth-order valence-electron chi connectivity index (χ4n) is 1.61. The van der Waals surface area contributed by atoms with Crippen molar-refractivity contribution in [2.24, 2.45) is 11.8 Å². The average molecular weight is 160 g/mol. The molecule has 0 aromatic heterocycles. The van der Waals surface area contributed by atoms with Crippen LogP contribution in [0.1, 0.15) is 20.3 Å². The minimum absolute atomic E-state index is 0.713. The van der Waals surface area contributed by atoms with Crippen LogP contribution in [0, 0.1) is 11.8 Å². The highest BCUT2D eigenvalue weighted by atomic mass is 32.2. The molecule has 0 atom stereocenters. The van der Waals surface area contributed by atoms with Gasteiger partial charge in [0.2, 0.25) is 0 Å². The predicted octanol–water partition coefficient (Wildman–Crippen LogP) is 1.38. The Morgan fingerprint density at radius 2 is 2.10 bits per heavy atom. The number of hydrogen-bond acceptors (Lipinski definition) is 1. The second-order valence-electron chi connectivity index (χ2n) is 3.79. The molecule has 0 aromatic carbocycles. The molecule has 1 heterocycles. The van der Waals surface area contributed by atoms with Crippen molar-refractivity contribution < 1.29 is 4.21 Å². The molecule has 1 saturated heterocycles. The summed E-state index contributed by atoms with van der Waals surface area (Å²) in [5.41, 5.74) is 0. The lowest BCUT2D eigenvalue weighted by Crippen LogP contribution is -2.36. The summed E-state index contributed by atoms with van der Waals surface area (Å²) in [7, 11) is -1.58. The highest BCUT2D eigenvalue weighted by Gasteiger charge is 2.27. The molecule has 1 aliphatic heterocycles. The summed E-state index contributed by atoms with van der Waals surface area (Å²) < 4.78 is 11.1. The van der Waals surface area contributed by atoms with E-state index >= 15 is 0 Å². The first-order valence-electron chi connectivity index (χ1n) is 3.82. The molecule has 0 unspecified atom stereocenters. The molecule has 0 bridgehead atoms. The van der Waals surface area contributed by atoms with Gasteiger partial charge in [0.25, 0.3) is 0 Å². The largest absolute Gasteiger partial charge is 0.268 e. The van der Waals surface area contributed by atoms with Crippen LogP contribution in [0.4, 0.5) is 0 Å². The smallest absolute Gasteiger partial charge is 0.0196 e. The van der Waals surface area contributed by atoms with Gasteiger partial charge in [0.05, 0.1) is 0 Å². The molecule has 0 amide bonds. The van der Waals surface area contributed by atoms with Gasteiger partial charge in [-0.25, -0.2) is 0 Å². The molecule has 0 aliphatic carbocycles. The van der Waals surface area contributed by atoms with Crippen molar-refractivity contribution in [1.82, 2.24) is 0 Å². The van der Waals surface area contributed by atoms with Gasteiger partial charge in [-0.05, 0) is 33.6 Å². The molecule has 0 spiro atoms. The van der Waals surface area contributed by atoms with E-state index < -0.39 is 9.52 Å². The molecule has 60 valence electrons. The zero-order valence-electron chi connectivity index (χ0n) is 6.80. The van der Waals surface area contributed by atoms with E-state index in [9.17, 15) is 4.21 Å². The molecule has 0 saturated carbocycles. The van der Waals surface area contributed by atoms with E-state index in [1.54, 1.807) is 0 Å². The molecule has 2 heteroatoms. The van der Waals surface area contributed by atoms with E-state index in [0.29, 0.717) is 5.92 Å². The minimum Gasteiger partial charge on any atom is -0.268 e. The topological polar surface area (TPSA) is 17.1 Å². The van der Waals surface area contributed by atoms with Crippen LogP contribution in [0.2, 0.25) is 0 Å². The summed E-state index contributed by atoms with van der Waals surface area (Å²) in [6.45, 7) is 4.42. The van der Waals surface area contributed by atoms with Gasteiger partial charge in [-0.15, -0.1) is 0 Å². The molecule has 1 aliphatic rings. The fourth-order valence-corrected chi connectivity index (χ4v) is 3.51. The van der Waals surface area contributed by atoms with Crippen LogP contribution in [0.5, 0.6) is 0 Å². The van der Waals surface area contributed by atoms with Gasteiger partial charge in [0.1, 0.15) is 0 Å². The summed E-state index contributed by atoms with van der Waals surface area (Å²) in [6, 6.07) is 0. The Morgan fingerprint density at radius 1 is 1.60 bits per heavy atom. The van der Waals surface area contributed by atoms with Crippen LogP contribution in [0.15, 0.2) is 0 Å². The highest BCUT2D eigenvalue weighted by Crippen LogP contribution is 2.24. The maximum Gasteiger partial charge on any atom is 0.0196 e. The lowest BCUT2D eigenvalue weighted by atomic mass is 10.0. The third-order valence-electron chi connectivity index (χ3n) is 1.88. The van der Waals surface area contributed by atoms with Crippen LogP contribution < -0.4 is 0 Å². The van der Waals surface area contributed by atoms with E-state index in [4.69, 9.17) is 0 Å². The van der Waals surface area contributed by atoms with Gasteiger partial charge in [0, 0.05) is 11.5 Å². The number of hydrogen-bond donors (Lipinski definition) is 0. The lowest BCUT2D eigenvalue weighted by molar-refractivity contribution is 0.452. The maximum atomic E-state index is 11.1. The zero-order chi connectivity index (χ0) is 7.78.